The van der Waals surface area contributed by atoms with Crippen LogP contribution in [0.5, 0.6) is 0 Å². The molecule has 9 aromatic carbocycles. The molecule has 1 atom stereocenters. The number of halogens is 2. The minimum atomic E-state index is -3.04. The first-order valence-electron chi connectivity index (χ1n) is 23.6. The number of hydrogen-bond donors (Lipinski definition) is 0. The Labute approximate surface area is 416 Å². The molecule has 2 aromatic heterocycles. The van der Waals surface area contributed by atoms with Gasteiger partial charge in [-0.2, -0.15) is 0 Å². The molecule has 0 radical (unpaired) electrons. The molecule has 0 amide bonds. The van der Waals surface area contributed by atoms with Gasteiger partial charge in [0.05, 0.1) is 33.4 Å². The molecule has 68 heavy (non-hydrogen) atoms. The molecular formula is C62H51Br2N3Si. The van der Waals surface area contributed by atoms with Crippen molar-refractivity contribution in [3.8, 4) is 11.4 Å². The van der Waals surface area contributed by atoms with Gasteiger partial charge >= 0.3 is 0 Å². The minimum absolute atomic E-state index is 0.0281. The van der Waals surface area contributed by atoms with Crippen LogP contribution in [0.1, 0.15) is 52.7 Å². The summed E-state index contributed by atoms with van der Waals surface area (Å²) < 4.78 is 6.97. The highest BCUT2D eigenvalue weighted by Crippen LogP contribution is 2.46. The van der Waals surface area contributed by atoms with Gasteiger partial charge in [0.2, 0.25) is 0 Å². The molecular weight excluding hydrogens is 975 g/mol. The van der Waals surface area contributed by atoms with Gasteiger partial charge in [0.1, 0.15) is 0 Å². The molecule has 332 valence electrons. The average molecular weight is 1030 g/mol. The molecule has 0 spiro atoms. The first-order chi connectivity index (χ1) is 32.8. The predicted molar refractivity (Wildman–Crippen MR) is 300 cm³/mol. The number of hydrogen-bond acceptors (Lipinski definition) is 1. The molecule has 1 unspecified atom stereocenters. The van der Waals surface area contributed by atoms with E-state index in [9.17, 15) is 0 Å². The van der Waals surface area contributed by atoms with Crippen LogP contribution in [0.2, 0.25) is 0 Å². The zero-order valence-electron chi connectivity index (χ0n) is 39.2. The molecule has 1 aliphatic rings. The second kappa shape index (κ2) is 15.8. The number of para-hydroxylation sites is 4. The highest BCUT2D eigenvalue weighted by molar-refractivity contribution is 9.11. The third kappa shape index (κ3) is 6.48. The van der Waals surface area contributed by atoms with Crippen LogP contribution in [0.4, 0.5) is 17.1 Å². The summed E-state index contributed by atoms with van der Waals surface area (Å²) in [6.45, 7) is 13.8. The maximum Gasteiger partial charge on any atom is 0.184 e. The third-order valence-corrected chi connectivity index (χ3v) is 20.5. The Kier molecular flexibility index (Phi) is 9.97. The summed E-state index contributed by atoms with van der Waals surface area (Å²) in [7, 11) is -3.04. The van der Waals surface area contributed by atoms with Crippen molar-refractivity contribution in [1.29, 1.82) is 0 Å². The van der Waals surface area contributed by atoms with Gasteiger partial charge in [0.25, 0.3) is 0 Å². The van der Waals surface area contributed by atoms with Crippen LogP contribution in [0.15, 0.2) is 209 Å². The summed E-state index contributed by atoms with van der Waals surface area (Å²) in [5, 5.41) is 10.4. The SMILES string of the molecule is CC(C)(C)c1ccc2c(c1)c1cc(C(C)(C)C)ccc1n2-c1ccc(N2c3ccccc3[Si](c3ccccc3)(c3cccc(-n4c5ccccc5c5ccccc54)c3)c3cccc(Br)c32)c(Br)c1. The van der Waals surface area contributed by atoms with Gasteiger partial charge < -0.3 is 14.0 Å². The zero-order valence-corrected chi connectivity index (χ0v) is 43.3. The molecule has 0 N–H and O–H groups in total. The van der Waals surface area contributed by atoms with Crippen molar-refractivity contribution in [1.82, 2.24) is 9.13 Å². The fraction of sp³-hybridized carbons (Fsp3) is 0.129. The van der Waals surface area contributed by atoms with E-state index in [1.54, 1.807) is 0 Å². The second-order valence-electron chi connectivity index (χ2n) is 20.5. The fourth-order valence-corrected chi connectivity index (χ4v) is 17.6. The van der Waals surface area contributed by atoms with Crippen molar-refractivity contribution in [2.75, 3.05) is 4.90 Å². The molecule has 6 heteroatoms. The first-order valence-corrected chi connectivity index (χ1v) is 27.1. The normalized spacial score (nSPS) is 15.1. The van der Waals surface area contributed by atoms with Crippen molar-refractivity contribution in [3.63, 3.8) is 0 Å². The summed E-state index contributed by atoms with van der Waals surface area (Å²) in [5.74, 6) is 0. The quantitative estimate of drug-likeness (QED) is 0.157. The van der Waals surface area contributed by atoms with E-state index in [0.29, 0.717) is 0 Å². The molecule has 0 saturated carbocycles. The van der Waals surface area contributed by atoms with Gasteiger partial charge in [-0.15, -0.1) is 0 Å². The van der Waals surface area contributed by atoms with Crippen LogP contribution in [0.3, 0.4) is 0 Å². The van der Waals surface area contributed by atoms with Crippen LogP contribution in [0.25, 0.3) is 55.0 Å². The highest BCUT2D eigenvalue weighted by Gasteiger charge is 2.49. The van der Waals surface area contributed by atoms with E-state index < -0.39 is 8.07 Å². The smallest absolute Gasteiger partial charge is 0.184 e. The summed E-state index contributed by atoms with van der Waals surface area (Å²) >= 11 is 8.42. The first kappa shape index (κ1) is 42.9. The molecule has 0 fully saturated rings. The number of benzene rings is 9. The maximum atomic E-state index is 4.23. The average Bonchev–Trinajstić information content (AvgIpc) is 3.86. The maximum absolute atomic E-state index is 4.23. The van der Waals surface area contributed by atoms with Gasteiger partial charge in [-0.25, -0.2) is 0 Å². The summed E-state index contributed by atoms with van der Waals surface area (Å²) in [4.78, 5) is 2.49. The predicted octanol–water partition coefficient (Wildman–Crippen LogP) is 15.2. The van der Waals surface area contributed by atoms with Crippen molar-refractivity contribution in [2.45, 2.75) is 52.4 Å². The van der Waals surface area contributed by atoms with Crippen LogP contribution < -0.4 is 25.6 Å². The summed E-state index contributed by atoms with van der Waals surface area (Å²) in [5.41, 5.74) is 13.2. The zero-order chi connectivity index (χ0) is 46.7. The van der Waals surface area contributed by atoms with Crippen LogP contribution >= 0.6 is 31.9 Å². The molecule has 1 aliphatic heterocycles. The number of nitrogens with zero attached hydrogens (tertiary/aromatic N) is 3. The Morgan fingerprint density at radius 3 is 1.50 bits per heavy atom. The van der Waals surface area contributed by atoms with Gasteiger partial charge in [-0.05, 0) is 153 Å². The Hall–Kier alpha value is -6.44. The summed E-state index contributed by atoms with van der Waals surface area (Å²) in [6, 6.07) is 75.4. The van der Waals surface area contributed by atoms with E-state index in [0.717, 1.165) is 26.0 Å². The third-order valence-electron chi connectivity index (χ3n) is 14.4. The van der Waals surface area contributed by atoms with E-state index >= 15 is 0 Å². The lowest BCUT2D eigenvalue weighted by atomic mass is 9.85. The van der Waals surface area contributed by atoms with Gasteiger partial charge in [-0.3, -0.25) is 0 Å². The minimum Gasteiger partial charge on any atom is -0.309 e. The lowest BCUT2D eigenvalue weighted by Crippen LogP contribution is -2.77. The Balaban J connectivity index is 1.08. The van der Waals surface area contributed by atoms with E-state index in [1.165, 1.54) is 86.9 Å². The Bertz CT molecular complexity index is 3690. The van der Waals surface area contributed by atoms with Crippen molar-refractivity contribution in [3.05, 3.63) is 220 Å². The van der Waals surface area contributed by atoms with E-state index in [4.69, 9.17) is 0 Å². The van der Waals surface area contributed by atoms with Crippen molar-refractivity contribution in [2.24, 2.45) is 0 Å². The molecule has 12 rings (SSSR count). The molecule has 3 nitrogen and oxygen atoms in total. The summed E-state index contributed by atoms with van der Waals surface area (Å²) in [6.07, 6.45) is 0. The topological polar surface area (TPSA) is 13.1 Å². The second-order valence-corrected chi connectivity index (χ2v) is 25.9. The van der Waals surface area contributed by atoms with Gasteiger partial charge in [0, 0.05) is 47.6 Å². The lowest BCUT2D eigenvalue weighted by molar-refractivity contribution is 0.590. The van der Waals surface area contributed by atoms with Crippen LogP contribution in [-0.2, 0) is 10.8 Å². The van der Waals surface area contributed by atoms with Crippen LogP contribution in [-0.4, -0.2) is 17.2 Å². The van der Waals surface area contributed by atoms with E-state index in [-0.39, 0.29) is 10.8 Å². The number of rotatable bonds is 5. The largest absolute Gasteiger partial charge is 0.309 e. The number of aromatic nitrogens is 2. The Morgan fingerprint density at radius 2 is 0.882 bits per heavy atom. The highest BCUT2D eigenvalue weighted by atomic mass is 79.9. The van der Waals surface area contributed by atoms with Crippen molar-refractivity contribution >= 4 is 121 Å². The number of fused-ring (bicyclic) bond motifs is 8. The fourth-order valence-electron chi connectivity index (χ4n) is 11.2. The van der Waals surface area contributed by atoms with Crippen molar-refractivity contribution < 1.29 is 0 Å². The molecule has 3 heterocycles. The molecule has 0 aliphatic carbocycles. The van der Waals surface area contributed by atoms with Gasteiger partial charge in [-0.1, -0.05) is 163 Å². The monoisotopic (exact) mass is 1020 g/mol. The van der Waals surface area contributed by atoms with Gasteiger partial charge in [0.15, 0.2) is 8.07 Å². The molecule has 0 bridgehead atoms. The lowest BCUT2D eigenvalue weighted by Gasteiger charge is -2.45. The molecule has 11 aromatic rings. The Morgan fingerprint density at radius 1 is 0.368 bits per heavy atom. The van der Waals surface area contributed by atoms with E-state index in [1.807, 2.05) is 0 Å². The van der Waals surface area contributed by atoms with Crippen LogP contribution in [0, 0.1) is 0 Å². The number of anilines is 3. The standard InChI is InChI=1S/C62H51Br2N3Si/c1-61(2,3)40-30-33-54-48(36-40)49-37-41(62(4,5)6)31-34-55(49)66(54)43-32-35-56(51(64)39-43)67-57-27-14-15-28-58(57)68(44-19-8-7-9-20-44,59-29-17-24-50(63)60(59)67)45-21-16-18-42(38-45)65-52-25-12-10-22-46(52)47-23-11-13-26-53(47)65/h7-39H,1-6H3. The molecule has 0 saturated heterocycles. The van der Waals surface area contributed by atoms with E-state index in [2.05, 4.69) is 288 Å².